The van der Waals surface area contributed by atoms with Gasteiger partial charge >= 0.3 is 5.97 Å². The molecule has 9 rings (SSSR count). The van der Waals surface area contributed by atoms with Gasteiger partial charge in [-0.05, 0) is 84.0 Å². The number of esters is 1. The first-order valence-corrected chi connectivity index (χ1v) is 20.4. The molecule has 2 saturated heterocycles. The average Bonchev–Trinajstić information content (AvgIpc) is 3.87. The minimum atomic E-state index is -2.47. The fourth-order valence-corrected chi connectivity index (χ4v) is 13.1. The van der Waals surface area contributed by atoms with Crippen molar-refractivity contribution < 1.29 is 34.4 Å². The van der Waals surface area contributed by atoms with E-state index in [1.54, 1.807) is 7.11 Å². The highest BCUT2D eigenvalue weighted by molar-refractivity contribution is 5.92. The maximum absolute atomic E-state index is 14.6. The maximum Gasteiger partial charge on any atom is 0.315 e. The Kier molecular flexibility index (Phi) is 8.89. The molecule has 3 fully saturated rings. The third-order valence-electron chi connectivity index (χ3n) is 15.3. The van der Waals surface area contributed by atoms with E-state index in [4.69, 9.17) is 9.47 Å². The molecule has 14 nitrogen and oxygen atoms in total. The van der Waals surface area contributed by atoms with Gasteiger partial charge in [0, 0.05) is 89.3 Å². The SMILES string of the molecule is CCC1(O)CC2CN(CCc3c([nH]c4ccccc34)C(C(=O)OC)C2c2cc3c(cc2OC)N(C)C2C34CCN3CC=C[C@](CC)(C34)[C@@H](O)[C@]2(O)C(=O)N=[N+]=[N-])C1. The number of ether oxygens (including phenoxy) is 2. The van der Waals surface area contributed by atoms with Gasteiger partial charge in [-0.15, -0.1) is 0 Å². The van der Waals surface area contributed by atoms with Crippen LogP contribution in [0, 0.1) is 11.3 Å². The largest absolute Gasteiger partial charge is 0.496 e. The number of benzene rings is 2. The zero-order valence-electron chi connectivity index (χ0n) is 33.3. The number of H-pyrrole nitrogens is 1. The highest BCUT2D eigenvalue weighted by Crippen LogP contribution is 2.67. The van der Waals surface area contributed by atoms with Crippen molar-refractivity contribution in [3.8, 4) is 5.75 Å². The van der Waals surface area contributed by atoms with E-state index in [-0.39, 0.29) is 12.0 Å². The molecule has 1 saturated carbocycles. The lowest BCUT2D eigenvalue weighted by atomic mass is 9.47. The predicted octanol–water partition coefficient (Wildman–Crippen LogP) is 4.28. The highest BCUT2D eigenvalue weighted by atomic mass is 16.5. The molecule has 6 heterocycles. The van der Waals surface area contributed by atoms with E-state index >= 15 is 0 Å². The zero-order chi connectivity index (χ0) is 40.2. The van der Waals surface area contributed by atoms with E-state index in [0.717, 1.165) is 39.0 Å². The number of aromatic nitrogens is 1. The van der Waals surface area contributed by atoms with E-state index in [1.807, 2.05) is 62.2 Å². The van der Waals surface area contributed by atoms with E-state index in [9.17, 15) is 30.4 Å². The van der Waals surface area contributed by atoms with Crippen LogP contribution in [0.4, 0.5) is 5.69 Å². The summed E-state index contributed by atoms with van der Waals surface area (Å²) in [6.45, 7) is 7.12. The number of methoxy groups -OCH3 is 2. The predicted molar refractivity (Wildman–Crippen MR) is 213 cm³/mol. The van der Waals surface area contributed by atoms with Crippen LogP contribution in [-0.4, -0.2) is 125 Å². The molecule has 3 aromatic rings. The topological polar surface area (TPSA) is 188 Å². The second-order valence-electron chi connectivity index (χ2n) is 17.5. The van der Waals surface area contributed by atoms with Crippen LogP contribution in [0.15, 0.2) is 53.7 Å². The van der Waals surface area contributed by atoms with E-state index in [0.29, 0.717) is 70.6 Å². The third kappa shape index (κ3) is 4.98. The van der Waals surface area contributed by atoms with Gasteiger partial charge in [-0.25, -0.2) is 0 Å². The molecule has 302 valence electrons. The van der Waals surface area contributed by atoms with Crippen LogP contribution in [0.1, 0.15) is 73.8 Å². The Morgan fingerprint density at radius 3 is 2.61 bits per heavy atom. The summed E-state index contributed by atoms with van der Waals surface area (Å²) < 4.78 is 12.0. The average molecular weight is 780 g/mol. The van der Waals surface area contributed by atoms with Gasteiger partial charge in [-0.3, -0.25) is 19.4 Å². The van der Waals surface area contributed by atoms with Crippen LogP contribution in [0.2, 0.25) is 0 Å². The van der Waals surface area contributed by atoms with Crippen molar-refractivity contribution in [3.05, 3.63) is 81.4 Å². The van der Waals surface area contributed by atoms with Gasteiger partial charge < -0.3 is 34.7 Å². The van der Waals surface area contributed by atoms with Crippen LogP contribution < -0.4 is 9.64 Å². The van der Waals surface area contributed by atoms with Crippen molar-refractivity contribution >= 4 is 28.5 Å². The number of azide groups is 1. The molecule has 2 aromatic carbocycles. The summed E-state index contributed by atoms with van der Waals surface area (Å²) in [5.74, 6) is -2.55. The number of carbonyl (C=O) groups excluding carboxylic acids is 2. The second-order valence-corrected chi connectivity index (χ2v) is 17.5. The molecule has 6 aliphatic rings. The molecule has 1 aliphatic carbocycles. The summed E-state index contributed by atoms with van der Waals surface area (Å²) in [5, 5.41) is 42.0. The Morgan fingerprint density at radius 1 is 1.11 bits per heavy atom. The lowest BCUT2D eigenvalue weighted by Crippen LogP contribution is -2.80. The van der Waals surface area contributed by atoms with E-state index < -0.39 is 57.9 Å². The van der Waals surface area contributed by atoms with Gasteiger partial charge in [0.25, 0.3) is 5.91 Å². The van der Waals surface area contributed by atoms with Crippen molar-refractivity contribution in [2.75, 3.05) is 58.9 Å². The Balaban J connectivity index is 1.34. The van der Waals surface area contributed by atoms with Gasteiger partial charge in [0.05, 0.1) is 25.9 Å². The number of piperidine rings is 1. The minimum Gasteiger partial charge on any atom is -0.496 e. The number of aliphatic hydroxyl groups excluding tert-OH is 1. The minimum absolute atomic E-state index is 0.214. The molecule has 1 spiro atoms. The van der Waals surface area contributed by atoms with Gasteiger partial charge in [0.1, 0.15) is 17.8 Å². The summed E-state index contributed by atoms with van der Waals surface area (Å²) in [6, 6.07) is 10.9. The molecular weight excluding hydrogens is 727 g/mol. The fraction of sp³-hybridized carbons (Fsp3) is 0.581. The van der Waals surface area contributed by atoms with Crippen molar-refractivity contribution in [1.82, 2.24) is 14.8 Å². The zero-order valence-corrected chi connectivity index (χ0v) is 33.3. The number of amides is 1. The molecule has 14 heteroatoms. The van der Waals surface area contributed by atoms with Gasteiger partial charge in [-0.1, -0.05) is 44.2 Å². The molecule has 1 amide bonds. The molecular formula is C43H53N7O7. The van der Waals surface area contributed by atoms with Crippen molar-refractivity contribution in [2.45, 2.75) is 92.6 Å². The number of para-hydroxylation sites is 1. The number of anilines is 1. The number of hydrogen-bond donors (Lipinski definition) is 4. The van der Waals surface area contributed by atoms with Crippen molar-refractivity contribution in [2.24, 2.45) is 16.4 Å². The first-order valence-electron chi connectivity index (χ1n) is 20.4. The number of aromatic amines is 1. The quantitative estimate of drug-likeness (QED) is 0.0926. The fourth-order valence-electron chi connectivity index (χ4n) is 13.1. The van der Waals surface area contributed by atoms with Gasteiger partial charge in [0.2, 0.25) is 0 Å². The molecule has 11 atom stereocenters. The Hall–Kier alpha value is -4.43. The Bertz CT molecular complexity index is 2240. The smallest absolute Gasteiger partial charge is 0.315 e. The molecule has 2 bridgehead atoms. The van der Waals surface area contributed by atoms with E-state index in [2.05, 4.69) is 36.9 Å². The summed E-state index contributed by atoms with van der Waals surface area (Å²) in [6.07, 6.45) is 5.02. The Labute approximate surface area is 332 Å². The number of hydrogen-bond acceptors (Lipinski definition) is 10. The highest BCUT2D eigenvalue weighted by Gasteiger charge is 2.78. The first-order chi connectivity index (χ1) is 27.4. The summed E-state index contributed by atoms with van der Waals surface area (Å²) in [5.41, 5.74) is 9.22. The standard InChI is InChI=1S/C43H53N7O7/c1-6-40(54)21-24-22-49(23-40)17-13-26-25-11-8-9-12-29(25)45-34(26)33(35(51)57-5)32(24)27-19-28-30(20-31(27)56-4)48(3)37-42(28)15-18-50-16-10-14-41(7-2,36(42)50)38(52)43(37,55)39(53)46-47-44/h8-12,14,19-20,24,32-33,36-38,45,52,54-55H,6-7,13,15-18,21-23H2,1-5H3/t24?,32?,33?,36?,37?,38-,40?,41-,42?,43+/m1/s1. The van der Waals surface area contributed by atoms with Crippen LogP contribution >= 0.6 is 0 Å². The molecule has 5 aliphatic heterocycles. The molecule has 8 unspecified atom stereocenters. The van der Waals surface area contributed by atoms with Crippen molar-refractivity contribution in [1.29, 1.82) is 0 Å². The summed E-state index contributed by atoms with van der Waals surface area (Å²) in [4.78, 5) is 41.7. The maximum atomic E-state index is 14.6. The molecule has 1 aromatic heterocycles. The lowest BCUT2D eigenvalue weighted by molar-refractivity contribution is -0.201. The van der Waals surface area contributed by atoms with Crippen LogP contribution in [0.25, 0.3) is 21.3 Å². The van der Waals surface area contributed by atoms with Crippen LogP contribution in [-0.2, 0) is 26.2 Å². The number of likely N-dealkylation sites (N-methyl/N-ethyl adjacent to an activating group) is 1. The number of carbonyl (C=O) groups is 2. The number of aliphatic hydroxyl groups is 3. The second kappa shape index (κ2) is 13.3. The van der Waals surface area contributed by atoms with E-state index in [1.165, 1.54) is 7.11 Å². The normalized spacial score (nSPS) is 37.8. The number of rotatable bonds is 6. The summed E-state index contributed by atoms with van der Waals surface area (Å²) >= 11 is 0. The van der Waals surface area contributed by atoms with Gasteiger partial charge in [0.15, 0.2) is 5.60 Å². The number of fused-ring (bicyclic) bond motifs is 6. The summed E-state index contributed by atoms with van der Waals surface area (Å²) in [7, 11) is 4.84. The van der Waals surface area contributed by atoms with Crippen LogP contribution in [0.3, 0.4) is 0 Å². The van der Waals surface area contributed by atoms with Crippen molar-refractivity contribution in [3.63, 3.8) is 0 Å². The Morgan fingerprint density at radius 2 is 1.89 bits per heavy atom. The molecule has 57 heavy (non-hydrogen) atoms. The third-order valence-corrected chi connectivity index (χ3v) is 15.3. The lowest BCUT2D eigenvalue weighted by Gasteiger charge is -2.63. The molecule has 4 N–H and O–H groups in total. The van der Waals surface area contributed by atoms with Crippen LogP contribution in [0.5, 0.6) is 5.75 Å². The molecule has 0 radical (unpaired) electrons. The van der Waals surface area contributed by atoms with Gasteiger partial charge in [-0.2, -0.15) is 0 Å². The number of nitrogens with one attached hydrogen (secondary N) is 1. The monoisotopic (exact) mass is 779 g/mol. The first kappa shape index (κ1) is 38.1. The number of nitrogens with zero attached hydrogens (tertiary/aromatic N) is 6.